The van der Waals surface area contributed by atoms with Crippen LogP contribution in [0.5, 0.6) is 0 Å². The summed E-state index contributed by atoms with van der Waals surface area (Å²) < 4.78 is 0. The summed E-state index contributed by atoms with van der Waals surface area (Å²) in [6.07, 6.45) is 5.02. The van der Waals surface area contributed by atoms with Crippen LogP contribution in [0.25, 0.3) is 0 Å². The number of nitrogens with two attached hydrogens (primary N) is 1. The normalized spacial score (nSPS) is 28.2. The first-order valence-electron chi connectivity index (χ1n) is 6.08. The predicted octanol–water partition coefficient (Wildman–Crippen LogP) is 1.81. The highest BCUT2D eigenvalue weighted by Crippen LogP contribution is 2.30. The molecule has 3 nitrogen and oxygen atoms in total. The van der Waals surface area contributed by atoms with Crippen LogP contribution in [-0.2, 0) is 0 Å². The Labute approximate surface area is 97.7 Å². The van der Waals surface area contributed by atoms with Gasteiger partial charge in [-0.1, -0.05) is 13.0 Å². The molecule has 0 bridgehead atoms. The summed E-state index contributed by atoms with van der Waals surface area (Å²) in [6.45, 7) is 6.43. The van der Waals surface area contributed by atoms with Crippen LogP contribution in [0.3, 0.4) is 0 Å². The molecule has 2 N–H and O–H groups in total. The maximum atomic E-state index is 5.92. The minimum absolute atomic E-state index is 0.327. The average molecular weight is 219 g/mol. The zero-order valence-electron chi connectivity index (χ0n) is 10.1. The molecule has 88 valence electrons. The van der Waals surface area contributed by atoms with Crippen LogP contribution >= 0.6 is 0 Å². The van der Waals surface area contributed by atoms with Crippen LogP contribution in [0.1, 0.15) is 31.9 Å². The zero-order valence-corrected chi connectivity index (χ0v) is 10.1. The number of hydrogen-bond acceptors (Lipinski definition) is 3. The maximum absolute atomic E-state index is 5.92. The summed E-state index contributed by atoms with van der Waals surface area (Å²) in [6, 6.07) is 5.07. The third-order valence-electron chi connectivity index (χ3n) is 3.52. The van der Waals surface area contributed by atoms with Crippen molar-refractivity contribution in [3.8, 4) is 0 Å². The fourth-order valence-corrected chi connectivity index (χ4v) is 2.80. The summed E-state index contributed by atoms with van der Waals surface area (Å²) in [7, 11) is 0. The van der Waals surface area contributed by atoms with E-state index in [1.807, 2.05) is 18.5 Å². The van der Waals surface area contributed by atoms with Crippen molar-refractivity contribution in [2.24, 2.45) is 11.7 Å². The standard InChI is InChI=1S/C13H21N3/c1-10-6-11(2)16(9-10)13(7-14)12-4-3-5-15-8-12/h3-5,8,10-11,13H,6-7,9,14H2,1-2H3. The van der Waals surface area contributed by atoms with Gasteiger partial charge < -0.3 is 5.73 Å². The van der Waals surface area contributed by atoms with Gasteiger partial charge in [0.05, 0.1) is 0 Å². The Hall–Kier alpha value is -0.930. The predicted molar refractivity (Wildman–Crippen MR) is 66.0 cm³/mol. The fourth-order valence-electron chi connectivity index (χ4n) is 2.80. The van der Waals surface area contributed by atoms with E-state index in [0.717, 1.165) is 12.5 Å². The number of nitrogens with zero attached hydrogens (tertiary/aromatic N) is 2. The molecular weight excluding hydrogens is 198 g/mol. The first-order chi connectivity index (χ1) is 7.72. The van der Waals surface area contributed by atoms with Crippen molar-refractivity contribution >= 4 is 0 Å². The average Bonchev–Trinajstić information content (AvgIpc) is 2.61. The molecule has 3 heteroatoms. The first kappa shape index (κ1) is 11.6. The van der Waals surface area contributed by atoms with Gasteiger partial charge in [0.1, 0.15) is 0 Å². The summed E-state index contributed by atoms with van der Waals surface area (Å²) in [4.78, 5) is 6.70. The third kappa shape index (κ3) is 2.25. The monoisotopic (exact) mass is 219 g/mol. The van der Waals surface area contributed by atoms with E-state index < -0.39 is 0 Å². The second kappa shape index (κ2) is 4.93. The molecule has 2 rings (SSSR count). The minimum Gasteiger partial charge on any atom is -0.329 e. The van der Waals surface area contributed by atoms with Crippen molar-refractivity contribution in [2.75, 3.05) is 13.1 Å². The summed E-state index contributed by atoms with van der Waals surface area (Å²) >= 11 is 0. The van der Waals surface area contributed by atoms with Gasteiger partial charge in [0, 0.05) is 37.6 Å². The number of rotatable bonds is 3. The highest BCUT2D eigenvalue weighted by atomic mass is 15.2. The molecule has 1 aromatic heterocycles. The minimum atomic E-state index is 0.327. The molecule has 1 aliphatic heterocycles. The molecule has 2 heterocycles. The Balaban J connectivity index is 2.17. The van der Waals surface area contributed by atoms with Gasteiger partial charge >= 0.3 is 0 Å². The number of pyridine rings is 1. The van der Waals surface area contributed by atoms with Gasteiger partial charge in [0.2, 0.25) is 0 Å². The van der Waals surface area contributed by atoms with Gasteiger partial charge in [-0.25, -0.2) is 0 Å². The third-order valence-corrected chi connectivity index (χ3v) is 3.52. The van der Waals surface area contributed by atoms with Crippen molar-refractivity contribution in [1.82, 2.24) is 9.88 Å². The van der Waals surface area contributed by atoms with E-state index in [0.29, 0.717) is 18.6 Å². The van der Waals surface area contributed by atoms with Gasteiger partial charge in [-0.3, -0.25) is 9.88 Å². The smallest absolute Gasteiger partial charge is 0.0488 e. The molecule has 3 unspecified atom stereocenters. The second-order valence-electron chi connectivity index (χ2n) is 4.92. The van der Waals surface area contributed by atoms with Crippen molar-refractivity contribution in [3.63, 3.8) is 0 Å². The van der Waals surface area contributed by atoms with Crippen molar-refractivity contribution in [3.05, 3.63) is 30.1 Å². The molecular formula is C13H21N3. The Morgan fingerprint density at radius 1 is 1.56 bits per heavy atom. The van der Waals surface area contributed by atoms with Crippen LogP contribution in [-0.4, -0.2) is 29.0 Å². The van der Waals surface area contributed by atoms with E-state index in [1.165, 1.54) is 12.0 Å². The van der Waals surface area contributed by atoms with Gasteiger partial charge in [0.25, 0.3) is 0 Å². The second-order valence-corrected chi connectivity index (χ2v) is 4.92. The van der Waals surface area contributed by atoms with E-state index in [9.17, 15) is 0 Å². The quantitative estimate of drug-likeness (QED) is 0.843. The first-order valence-corrected chi connectivity index (χ1v) is 6.08. The van der Waals surface area contributed by atoms with E-state index >= 15 is 0 Å². The molecule has 3 atom stereocenters. The molecule has 0 aliphatic carbocycles. The Kier molecular flexibility index (Phi) is 3.56. The molecule has 16 heavy (non-hydrogen) atoms. The van der Waals surface area contributed by atoms with Gasteiger partial charge in [-0.05, 0) is 30.9 Å². The number of likely N-dealkylation sites (tertiary alicyclic amines) is 1. The molecule has 0 saturated carbocycles. The Bertz CT molecular complexity index is 325. The molecule has 0 amide bonds. The van der Waals surface area contributed by atoms with Crippen LogP contribution in [0.15, 0.2) is 24.5 Å². The molecule has 1 aromatic rings. The lowest BCUT2D eigenvalue weighted by Gasteiger charge is -2.30. The lowest BCUT2D eigenvalue weighted by Crippen LogP contribution is -2.36. The van der Waals surface area contributed by atoms with Crippen LogP contribution in [0.2, 0.25) is 0 Å². The molecule has 0 radical (unpaired) electrons. The lowest BCUT2D eigenvalue weighted by molar-refractivity contribution is 0.192. The van der Waals surface area contributed by atoms with Crippen LogP contribution in [0.4, 0.5) is 0 Å². The molecule has 0 aromatic carbocycles. The van der Waals surface area contributed by atoms with Crippen LogP contribution in [0, 0.1) is 5.92 Å². The number of aromatic nitrogens is 1. The lowest BCUT2D eigenvalue weighted by atomic mass is 10.1. The van der Waals surface area contributed by atoms with Crippen molar-refractivity contribution < 1.29 is 0 Å². The maximum Gasteiger partial charge on any atom is 0.0488 e. The van der Waals surface area contributed by atoms with E-state index in [2.05, 4.69) is 29.8 Å². The molecule has 1 aliphatic rings. The van der Waals surface area contributed by atoms with Crippen LogP contribution < -0.4 is 5.73 Å². The van der Waals surface area contributed by atoms with E-state index in [1.54, 1.807) is 0 Å². The van der Waals surface area contributed by atoms with E-state index in [-0.39, 0.29) is 0 Å². The number of hydrogen-bond donors (Lipinski definition) is 1. The van der Waals surface area contributed by atoms with Gasteiger partial charge in [-0.2, -0.15) is 0 Å². The highest BCUT2D eigenvalue weighted by Gasteiger charge is 2.31. The SMILES string of the molecule is CC1CC(C)N(C(CN)c2cccnc2)C1. The Morgan fingerprint density at radius 2 is 2.38 bits per heavy atom. The van der Waals surface area contributed by atoms with Crippen molar-refractivity contribution in [2.45, 2.75) is 32.4 Å². The molecule has 1 fully saturated rings. The van der Waals surface area contributed by atoms with Gasteiger partial charge in [0.15, 0.2) is 0 Å². The van der Waals surface area contributed by atoms with E-state index in [4.69, 9.17) is 5.73 Å². The van der Waals surface area contributed by atoms with Crippen molar-refractivity contribution in [1.29, 1.82) is 0 Å². The Morgan fingerprint density at radius 3 is 2.88 bits per heavy atom. The zero-order chi connectivity index (χ0) is 11.5. The highest BCUT2D eigenvalue weighted by molar-refractivity contribution is 5.15. The summed E-state index contributed by atoms with van der Waals surface area (Å²) in [5.41, 5.74) is 7.16. The largest absolute Gasteiger partial charge is 0.329 e. The summed E-state index contributed by atoms with van der Waals surface area (Å²) in [5, 5.41) is 0. The fraction of sp³-hybridized carbons (Fsp3) is 0.615. The molecule has 0 spiro atoms. The topological polar surface area (TPSA) is 42.1 Å². The molecule has 1 saturated heterocycles. The summed E-state index contributed by atoms with van der Waals surface area (Å²) in [5.74, 6) is 0.778. The van der Waals surface area contributed by atoms with Gasteiger partial charge in [-0.15, -0.1) is 0 Å².